The van der Waals surface area contributed by atoms with Gasteiger partial charge in [0.05, 0.1) is 6.61 Å². The third-order valence-corrected chi connectivity index (χ3v) is 3.87. The zero-order chi connectivity index (χ0) is 12.3. The van der Waals surface area contributed by atoms with E-state index in [9.17, 15) is 0 Å². The molecule has 2 nitrogen and oxygen atoms in total. The van der Waals surface area contributed by atoms with Crippen LogP contribution in [0.4, 0.5) is 0 Å². The van der Waals surface area contributed by atoms with Gasteiger partial charge in [-0.15, -0.1) is 0 Å². The molecule has 2 atom stereocenters. The fraction of sp³-hybridized carbons (Fsp3) is 0.538. The average Bonchev–Trinajstić information content (AvgIpc) is 2.35. The summed E-state index contributed by atoms with van der Waals surface area (Å²) in [6.45, 7) is 1.63. The van der Waals surface area contributed by atoms with Crippen molar-refractivity contribution < 1.29 is 4.74 Å². The molecule has 1 aliphatic rings. The van der Waals surface area contributed by atoms with Gasteiger partial charge in [-0.1, -0.05) is 23.2 Å². The Hall–Kier alpha value is -0.280. The van der Waals surface area contributed by atoms with E-state index in [1.165, 1.54) is 0 Å². The molecule has 1 fully saturated rings. The van der Waals surface area contributed by atoms with Crippen LogP contribution in [0, 0.1) is 5.92 Å². The number of rotatable bonds is 3. The van der Waals surface area contributed by atoms with E-state index in [1.54, 1.807) is 6.07 Å². The van der Waals surface area contributed by atoms with Crippen LogP contribution in [0.2, 0.25) is 10.0 Å². The molecule has 0 radical (unpaired) electrons. The Labute approximate surface area is 112 Å². The van der Waals surface area contributed by atoms with Gasteiger partial charge in [0.25, 0.3) is 0 Å². The smallest absolute Gasteiger partial charge is 0.0509 e. The summed E-state index contributed by atoms with van der Waals surface area (Å²) >= 11 is 12.1. The molecule has 4 heteroatoms. The van der Waals surface area contributed by atoms with Crippen LogP contribution < -0.4 is 5.73 Å². The number of halogens is 2. The minimum Gasteiger partial charge on any atom is -0.381 e. The second-order valence-electron chi connectivity index (χ2n) is 4.58. The normalized spacial score (nSPS) is 22.4. The molecule has 2 rings (SSSR count). The summed E-state index contributed by atoms with van der Waals surface area (Å²) in [5.41, 5.74) is 7.24. The van der Waals surface area contributed by atoms with E-state index in [2.05, 4.69) is 0 Å². The predicted molar refractivity (Wildman–Crippen MR) is 71.7 cm³/mol. The summed E-state index contributed by atoms with van der Waals surface area (Å²) in [6.07, 6.45) is 2.99. The first-order chi connectivity index (χ1) is 8.16. The summed E-state index contributed by atoms with van der Waals surface area (Å²) in [6, 6.07) is 5.60. The Morgan fingerprint density at radius 2 is 2.24 bits per heavy atom. The van der Waals surface area contributed by atoms with E-state index >= 15 is 0 Å². The molecule has 2 N–H and O–H groups in total. The first kappa shape index (κ1) is 13.2. The molecule has 0 spiro atoms. The molecule has 94 valence electrons. The highest BCUT2D eigenvalue weighted by molar-refractivity contribution is 6.33. The lowest BCUT2D eigenvalue weighted by molar-refractivity contribution is 0.0450. The molecule has 17 heavy (non-hydrogen) atoms. The summed E-state index contributed by atoms with van der Waals surface area (Å²) in [5, 5.41) is 1.44. The fourth-order valence-electron chi connectivity index (χ4n) is 2.22. The van der Waals surface area contributed by atoms with Gasteiger partial charge >= 0.3 is 0 Å². The second-order valence-corrected chi connectivity index (χ2v) is 5.42. The number of hydrogen-bond acceptors (Lipinski definition) is 2. The molecule has 0 aliphatic carbocycles. The van der Waals surface area contributed by atoms with E-state index in [0.717, 1.165) is 43.1 Å². The topological polar surface area (TPSA) is 35.2 Å². The van der Waals surface area contributed by atoms with Gasteiger partial charge in [0.1, 0.15) is 0 Å². The van der Waals surface area contributed by atoms with Crippen molar-refractivity contribution in [2.24, 2.45) is 11.7 Å². The van der Waals surface area contributed by atoms with Crippen molar-refractivity contribution >= 4 is 23.2 Å². The lowest BCUT2D eigenvalue weighted by Crippen LogP contribution is -2.37. The molecule has 0 aromatic heterocycles. The van der Waals surface area contributed by atoms with Crippen LogP contribution in [0.15, 0.2) is 18.2 Å². The molecule has 0 saturated carbocycles. The molecule has 1 aromatic rings. The standard InChI is InChI=1S/C13H17Cl2NO/c14-11-3-4-12(15)10(6-11)7-13(16)9-2-1-5-17-8-9/h3-4,6,9,13H,1-2,5,7-8,16H2. The van der Waals surface area contributed by atoms with Crippen LogP contribution in [0.1, 0.15) is 18.4 Å². The van der Waals surface area contributed by atoms with Crippen molar-refractivity contribution in [2.75, 3.05) is 13.2 Å². The number of benzene rings is 1. The van der Waals surface area contributed by atoms with Gasteiger partial charge in [0, 0.05) is 22.7 Å². The maximum Gasteiger partial charge on any atom is 0.0509 e. The number of ether oxygens (including phenoxy) is 1. The van der Waals surface area contributed by atoms with Crippen molar-refractivity contribution in [3.05, 3.63) is 33.8 Å². The SMILES string of the molecule is NC(Cc1cc(Cl)ccc1Cl)C1CCCOC1. The first-order valence-corrected chi connectivity index (χ1v) is 6.69. The van der Waals surface area contributed by atoms with Crippen LogP contribution in [-0.2, 0) is 11.2 Å². The molecule has 1 heterocycles. The highest BCUT2D eigenvalue weighted by Crippen LogP contribution is 2.25. The lowest BCUT2D eigenvalue weighted by Gasteiger charge is -2.27. The molecule has 0 bridgehead atoms. The molecule has 1 saturated heterocycles. The van der Waals surface area contributed by atoms with Crippen molar-refractivity contribution in [3.63, 3.8) is 0 Å². The van der Waals surface area contributed by atoms with E-state index in [4.69, 9.17) is 33.7 Å². The molecule has 2 unspecified atom stereocenters. The third-order valence-electron chi connectivity index (χ3n) is 3.26. The Kier molecular flexibility index (Phi) is 4.69. The summed E-state index contributed by atoms with van der Waals surface area (Å²) in [5.74, 6) is 0.429. The maximum absolute atomic E-state index is 6.22. The Balaban J connectivity index is 2.01. The average molecular weight is 274 g/mol. The number of nitrogens with two attached hydrogens (primary N) is 1. The van der Waals surface area contributed by atoms with E-state index in [0.29, 0.717) is 10.9 Å². The van der Waals surface area contributed by atoms with E-state index in [-0.39, 0.29) is 6.04 Å². The van der Waals surface area contributed by atoms with Gasteiger partial charge in [-0.3, -0.25) is 0 Å². The Morgan fingerprint density at radius 3 is 2.94 bits per heavy atom. The monoisotopic (exact) mass is 273 g/mol. The minimum atomic E-state index is 0.0891. The quantitative estimate of drug-likeness (QED) is 0.918. The van der Waals surface area contributed by atoms with Crippen molar-refractivity contribution in [2.45, 2.75) is 25.3 Å². The zero-order valence-electron chi connectivity index (χ0n) is 9.66. The van der Waals surface area contributed by atoms with E-state index < -0.39 is 0 Å². The van der Waals surface area contributed by atoms with Crippen LogP contribution in [0.25, 0.3) is 0 Å². The van der Waals surface area contributed by atoms with Crippen molar-refractivity contribution in [1.29, 1.82) is 0 Å². The molecule has 1 aromatic carbocycles. The van der Waals surface area contributed by atoms with Gasteiger partial charge < -0.3 is 10.5 Å². The molecule has 0 amide bonds. The minimum absolute atomic E-state index is 0.0891. The van der Waals surface area contributed by atoms with Crippen LogP contribution in [0.5, 0.6) is 0 Å². The van der Waals surface area contributed by atoms with Gasteiger partial charge in [-0.25, -0.2) is 0 Å². The van der Waals surface area contributed by atoms with Crippen molar-refractivity contribution in [1.82, 2.24) is 0 Å². The maximum atomic E-state index is 6.22. The van der Waals surface area contributed by atoms with Crippen molar-refractivity contribution in [3.8, 4) is 0 Å². The lowest BCUT2D eigenvalue weighted by atomic mass is 9.90. The predicted octanol–water partition coefficient (Wildman–Crippen LogP) is 3.29. The fourth-order valence-corrected chi connectivity index (χ4v) is 2.61. The van der Waals surface area contributed by atoms with Gasteiger partial charge in [0.2, 0.25) is 0 Å². The summed E-state index contributed by atoms with van der Waals surface area (Å²) in [7, 11) is 0. The molecular weight excluding hydrogens is 257 g/mol. The van der Waals surface area contributed by atoms with Gasteiger partial charge in [-0.05, 0) is 48.9 Å². The van der Waals surface area contributed by atoms with Crippen LogP contribution in [-0.4, -0.2) is 19.3 Å². The third kappa shape index (κ3) is 3.59. The van der Waals surface area contributed by atoms with Gasteiger partial charge in [-0.2, -0.15) is 0 Å². The van der Waals surface area contributed by atoms with E-state index in [1.807, 2.05) is 12.1 Å². The van der Waals surface area contributed by atoms with Crippen LogP contribution in [0.3, 0.4) is 0 Å². The highest BCUT2D eigenvalue weighted by Gasteiger charge is 2.22. The summed E-state index contributed by atoms with van der Waals surface area (Å²) in [4.78, 5) is 0. The molecule has 1 aliphatic heterocycles. The Bertz CT molecular complexity index is 378. The zero-order valence-corrected chi connectivity index (χ0v) is 11.2. The molecular formula is C13H17Cl2NO. The summed E-state index contributed by atoms with van der Waals surface area (Å²) < 4.78 is 5.46. The Morgan fingerprint density at radius 1 is 1.41 bits per heavy atom. The van der Waals surface area contributed by atoms with Gasteiger partial charge in [0.15, 0.2) is 0 Å². The first-order valence-electron chi connectivity index (χ1n) is 5.94. The number of hydrogen-bond donors (Lipinski definition) is 1. The largest absolute Gasteiger partial charge is 0.381 e. The second kappa shape index (κ2) is 6.05. The van der Waals surface area contributed by atoms with Crippen LogP contribution >= 0.6 is 23.2 Å². The highest BCUT2D eigenvalue weighted by atomic mass is 35.5.